The van der Waals surface area contributed by atoms with Crippen LogP contribution in [-0.4, -0.2) is 47.3 Å². The number of benzene rings is 2. The van der Waals surface area contributed by atoms with Gasteiger partial charge in [0.05, 0.1) is 15.9 Å². The van der Waals surface area contributed by atoms with Crippen LogP contribution in [-0.2, 0) is 34.2 Å². The molecule has 33 heavy (non-hydrogen) atoms. The van der Waals surface area contributed by atoms with Gasteiger partial charge in [0.25, 0.3) is 0 Å². The van der Waals surface area contributed by atoms with Gasteiger partial charge in [-0.3, -0.25) is 4.79 Å². The summed E-state index contributed by atoms with van der Waals surface area (Å²) in [6.45, 7) is 9.32. The summed E-state index contributed by atoms with van der Waals surface area (Å²) in [5.74, 6) is 0.894. The van der Waals surface area contributed by atoms with Crippen LogP contribution in [0, 0.1) is 0 Å². The van der Waals surface area contributed by atoms with Crippen molar-refractivity contribution in [1.82, 2.24) is 13.9 Å². The summed E-state index contributed by atoms with van der Waals surface area (Å²) in [6.07, 6.45) is 1.73. The van der Waals surface area contributed by atoms with Gasteiger partial charge in [0.1, 0.15) is 5.82 Å². The van der Waals surface area contributed by atoms with Crippen molar-refractivity contribution in [3.05, 3.63) is 53.9 Å². The summed E-state index contributed by atoms with van der Waals surface area (Å²) in [4.78, 5) is 20.0. The molecule has 0 fully saturated rings. The lowest BCUT2D eigenvalue weighted by Gasteiger charge is -2.22. The number of hydrogen-bond acceptors (Lipinski definition) is 4. The number of imidazole rings is 1. The number of aromatic nitrogens is 2. The van der Waals surface area contributed by atoms with Gasteiger partial charge < -0.3 is 9.47 Å². The molecule has 0 radical (unpaired) electrons. The summed E-state index contributed by atoms with van der Waals surface area (Å²) in [5.41, 5.74) is 3.75. The number of fused-ring (bicyclic) bond motifs is 2. The van der Waals surface area contributed by atoms with Gasteiger partial charge in [0.2, 0.25) is 15.9 Å². The maximum atomic E-state index is 13.1. The van der Waals surface area contributed by atoms with E-state index in [4.69, 9.17) is 4.98 Å². The molecule has 1 unspecified atom stereocenters. The van der Waals surface area contributed by atoms with Gasteiger partial charge in [0, 0.05) is 44.2 Å². The molecule has 4 rings (SSSR count). The summed E-state index contributed by atoms with van der Waals surface area (Å²) in [5, 5.41) is 0. The Labute approximate surface area is 196 Å². The molecule has 2 heterocycles. The molecule has 0 saturated heterocycles. The van der Waals surface area contributed by atoms with Crippen molar-refractivity contribution in [3.63, 3.8) is 0 Å². The molecule has 0 N–H and O–H groups in total. The number of rotatable bonds is 8. The smallest absolute Gasteiger partial charge is 0.243 e. The van der Waals surface area contributed by atoms with Gasteiger partial charge in [-0.2, -0.15) is 4.31 Å². The number of hydrogen-bond donors (Lipinski definition) is 0. The Kier molecular flexibility index (Phi) is 6.59. The second-order valence-corrected chi connectivity index (χ2v) is 10.4. The van der Waals surface area contributed by atoms with E-state index in [0.717, 1.165) is 23.4 Å². The molecule has 0 aliphatic carbocycles. The zero-order chi connectivity index (χ0) is 23.8. The van der Waals surface area contributed by atoms with Crippen molar-refractivity contribution in [2.75, 3.05) is 18.0 Å². The SMILES string of the molecule is CCN(CC)S(=O)(=O)c1ccc2c(c1)nc(CCC(=O)N1c3ccccc3CC1C)n2CC. The molecule has 0 spiro atoms. The lowest BCUT2D eigenvalue weighted by molar-refractivity contribution is -0.118. The van der Waals surface area contributed by atoms with Gasteiger partial charge in [-0.15, -0.1) is 0 Å². The second-order valence-electron chi connectivity index (χ2n) is 8.46. The van der Waals surface area contributed by atoms with Crippen molar-refractivity contribution in [2.24, 2.45) is 0 Å². The van der Waals surface area contributed by atoms with Crippen molar-refractivity contribution >= 4 is 32.7 Å². The lowest BCUT2D eigenvalue weighted by atomic mass is 10.1. The second kappa shape index (κ2) is 9.27. The number of carbonyl (C=O) groups is 1. The van der Waals surface area contributed by atoms with Gasteiger partial charge >= 0.3 is 0 Å². The largest absolute Gasteiger partial charge is 0.328 e. The van der Waals surface area contributed by atoms with Crippen LogP contribution in [0.5, 0.6) is 0 Å². The van der Waals surface area contributed by atoms with E-state index in [0.29, 0.717) is 38.0 Å². The van der Waals surface area contributed by atoms with Gasteiger partial charge in [-0.25, -0.2) is 13.4 Å². The molecule has 7 nitrogen and oxygen atoms in total. The van der Waals surface area contributed by atoms with Gasteiger partial charge in [-0.05, 0) is 50.1 Å². The van der Waals surface area contributed by atoms with E-state index in [1.54, 1.807) is 12.1 Å². The standard InChI is InChI=1S/C25H32N4O3S/c1-5-27(6-2)33(31,32)20-12-13-23-21(17-20)26-24(28(23)7-3)14-15-25(30)29-18(4)16-19-10-8-9-11-22(19)29/h8-13,17-18H,5-7,14-16H2,1-4H3. The monoisotopic (exact) mass is 468 g/mol. The quantitative estimate of drug-likeness (QED) is 0.501. The van der Waals surface area contributed by atoms with Crippen LogP contribution in [0.2, 0.25) is 0 Å². The van der Waals surface area contributed by atoms with Crippen LogP contribution in [0.1, 0.15) is 45.5 Å². The molecule has 3 aromatic rings. The predicted molar refractivity (Wildman–Crippen MR) is 131 cm³/mol. The number of aryl methyl sites for hydroxylation is 2. The third-order valence-corrected chi connectivity index (χ3v) is 8.54. The number of amides is 1. The average molecular weight is 469 g/mol. The molecule has 176 valence electrons. The highest BCUT2D eigenvalue weighted by molar-refractivity contribution is 7.89. The fourth-order valence-corrected chi connectivity index (χ4v) is 6.34. The number of anilines is 1. The fourth-order valence-electron chi connectivity index (χ4n) is 4.86. The molecule has 1 amide bonds. The highest BCUT2D eigenvalue weighted by Crippen LogP contribution is 2.32. The summed E-state index contributed by atoms with van der Waals surface area (Å²) >= 11 is 0. The van der Waals surface area contributed by atoms with Crippen LogP contribution in [0.3, 0.4) is 0 Å². The maximum Gasteiger partial charge on any atom is 0.243 e. The van der Waals surface area contributed by atoms with E-state index < -0.39 is 10.0 Å². The van der Waals surface area contributed by atoms with Crippen molar-refractivity contribution < 1.29 is 13.2 Å². The third kappa shape index (κ3) is 4.17. The van der Waals surface area contributed by atoms with E-state index in [1.165, 1.54) is 9.87 Å². The third-order valence-electron chi connectivity index (χ3n) is 6.50. The summed E-state index contributed by atoms with van der Waals surface area (Å²) in [6, 6.07) is 13.4. The number of sulfonamides is 1. The lowest BCUT2D eigenvalue weighted by Crippen LogP contribution is -2.35. The Morgan fingerprint density at radius 2 is 1.85 bits per heavy atom. The Morgan fingerprint density at radius 3 is 2.55 bits per heavy atom. The molecular formula is C25H32N4O3S. The summed E-state index contributed by atoms with van der Waals surface area (Å²) in [7, 11) is -3.55. The minimum absolute atomic E-state index is 0.0898. The van der Waals surface area contributed by atoms with E-state index in [-0.39, 0.29) is 16.8 Å². The van der Waals surface area contributed by atoms with Crippen LogP contribution < -0.4 is 4.90 Å². The Bertz CT molecular complexity index is 1280. The first-order valence-corrected chi connectivity index (χ1v) is 13.1. The number of nitrogens with zero attached hydrogens (tertiary/aromatic N) is 4. The Balaban J connectivity index is 1.59. The highest BCUT2D eigenvalue weighted by Gasteiger charge is 2.30. The molecule has 0 bridgehead atoms. The molecule has 0 saturated carbocycles. The van der Waals surface area contributed by atoms with Crippen LogP contribution >= 0.6 is 0 Å². The zero-order valence-corrected chi connectivity index (χ0v) is 20.6. The Hall–Kier alpha value is -2.71. The van der Waals surface area contributed by atoms with Crippen molar-refractivity contribution in [2.45, 2.75) is 64.4 Å². The first kappa shape index (κ1) is 23.4. The minimum Gasteiger partial charge on any atom is -0.328 e. The predicted octanol–water partition coefficient (Wildman–Crippen LogP) is 4.00. The molecule has 1 aromatic heterocycles. The molecule has 2 aromatic carbocycles. The van der Waals surface area contributed by atoms with E-state index in [2.05, 4.69) is 17.6 Å². The van der Waals surface area contributed by atoms with Crippen LogP contribution in [0.4, 0.5) is 5.69 Å². The first-order valence-electron chi connectivity index (χ1n) is 11.7. The molecule has 1 atom stereocenters. The minimum atomic E-state index is -3.55. The van der Waals surface area contributed by atoms with Crippen molar-refractivity contribution in [1.29, 1.82) is 0 Å². The van der Waals surface area contributed by atoms with Gasteiger partial charge in [0.15, 0.2) is 0 Å². The van der Waals surface area contributed by atoms with Crippen LogP contribution in [0.25, 0.3) is 11.0 Å². The maximum absolute atomic E-state index is 13.1. The number of carbonyl (C=O) groups excluding carboxylic acids is 1. The average Bonchev–Trinajstić information content (AvgIpc) is 3.33. The first-order chi connectivity index (χ1) is 15.8. The molecule has 8 heteroatoms. The van der Waals surface area contributed by atoms with Gasteiger partial charge in [-0.1, -0.05) is 32.0 Å². The number of para-hydroxylation sites is 1. The van der Waals surface area contributed by atoms with Crippen LogP contribution in [0.15, 0.2) is 47.4 Å². The highest BCUT2D eigenvalue weighted by atomic mass is 32.2. The molecular weight excluding hydrogens is 436 g/mol. The fraction of sp³-hybridized carbons (Fsp3) is 0.440. The van der Waals surface area contributed by atoms with E-state index >= 15 is 0 Å². The Morgan fingerprint density at radius 1 is 1.12 bits per heavy atom. The molecule has 1 aliphatic heterocycles. The van der Waals surface area contributed by atoms with E-state index in [9.17, 15) is 13.2 Å². The van der Waals surface area contributed by atoms with Crippen molar-refractivity contribution in [3.8, 4) is 0 Å². The zero-order valence-electron chi connectivity index (χ0n) is 19.8. The molecule has 1 aliphatic rings. The summed E-state index contributed by atoms with van der Waals surface area (Å²) < 4.78 is 29.4. The topological polar surface area (TPSA) is 75.5 Å². The van der Waals surface area contributed by atoms with E-state index in [1.807, 2.05) is 49.9 Å². The normalized spacial score (nSPS) is 16.0.